The van der Waals surface area contributed by atoms with Crippen molar-refractivity contribution in [3.05, 3.63) is 22.2 Å². The minimum absolute atomic E-state index is 0.400. The van der Waals surface area contributed by atoms with Crippen LogP contribution in [0.3, 0.4) is 0 Å². The number of carboxylic acids is 1. The van der Waals surface area contributed by atoms with Gasteiger partial charge in [-0.1, -0.05) is 13.8 Å². The lowest BCUT2D eigenvalue weighted by atomic mass is 10.2. The van der Waals surface area contributed by atoms with E-state index in [-0.39, 0.29) is 0 Å². The number of rotatable bonds is 3. The molecular formula is C9H11NO2S. The van der Waals surface area contributed by atoms with Gasteiger partial charge in [0, 0.05) is 17.4 Å². The number of hydrogen-bond donors (Lipinski definition) is 1. The lowest BCUT2D eigenvalue weighted by Crippen LogP contribution is -1.87. The summed E-state index contributed by atoms with van der Waals surface area (Å²) < 4.78 is 0. The zero-order chi connectivity index (χ0) is 9.84. The third-order valence-corrected chi connectivity index (χ3v) is 2.59. The summed E-state index contributed by atoms with van der Waals surface area (Å²) in [6.45, 7) is 4.12. The number of carbonyl (C=O) groups is 1. The summed E-state index contributed by atoms with van der Waals surface area (Å²) in [6, 6.07) is 0. The number of nitrogens with zero attached hydrogens (tertiary/aromatic N) is 1. The maximum atomic E-state index is 10.2. The van der Waals surface area contributed by atoms with E-state index in [1.54, 1.807) is 11.3 Å². The lowest BCUT2D eigenvalue weighted by molar-refractivity contribution is -0.131. The minimum Gasteiger partial charge on any atom is -0.478 e. The molecule has 70 valence electrons. The molecule has 0 spiro atoms. The van der Waals surface area contributed by atoms with Gasteiger partial charge in [-0.25, -0.2) is 9.78 Å². The van der Waals surface area contributed by atoms with Gasteiger partial charge < -0.3 is 5.11 Å². The number of carboxylic acid groups (broad SMARTS) is 1. The van der Waals surface area contributed by atoms with E-state index in [1.807, 2.05) is 5.38 Å². The van der Waals surface area contributed by atoms with Gasteiger partial charge >= 0.3 is 5.97 Å². The van der Waals surface area contributed by atoms with Crippen molar-refractivity contribution in [1.29, 1.82) is 0 Å². The Kier molecular flexibility index (Phi) is 3.19. The molecule has 13 heavy (non-hydrogen) atoms. The van der Waals surface area contributed by atoms with E-state index >= 15 is 0 Å². The van der Waals surface area contributed by atoms with Gasteiger partial charge in [-0.15, -0.1) is 11.3 Å². The monoisotopic (exact) mass is 197 g/mol. The van der Waals surface area contributed by atoms with Gasteiger partial charge in [0.1, 0.15) is 0 Å². The molecule has 0 radical (unpaired) electrons. The zero-order valence-corrected chi connectivity index (χ0v) is 8.34. The first-order valence-corrected chi connectivity index (χ1v) is 4.84. The fraction of sp³-hybridized carbons (Fsp3) is 0.333. The second-order valence-electron chi connectivity index (χ2n) is 2.94. The predicted molar refractivity (Wildman–Crippen MR) is 52.9 cm³/mol. The fourth-order valence-corrected chi connectivity index (χ4v) is 1.60. The van der Waals surface area contributed by atoms with Crippen LogP contribution in [0.1, 0.15) is 30.5 Å². The summed E-state index contributed by atoms with van der Waals surface area (Å²) >= 11 is 1.55. The van der Waals surface area contributed by atoms with Crippen LogP contribution in [0, 0.1) is 0 Å². The van der Waals surface area contributed by atoms with Gasteiger partial charge in [0.15, 0.2) is 0 Å². The Hall–Kier alpha value is -1.16. The van der Waals surface area contributed by atoms with E-state index < -0.39 is 5.97 Å². The van der Waals surface area contributed by atoms with Gasteiger partial charge in [-0.2, -0.15) is 0 Å². The van der Waals surface area contributed by atoms with Crippen LogP contribution >= 0.6 is 11.3 Å². The molecule has 3 nitrogen and oxygen atoms in total. The van der Waals surface area contributed by atoms with Crippen molar-refractivity contribution in [2.24, 2.45) is 0 Å². The van der Waals surface area contributed by atoms with E-state index in [0.717, 1.165) is 16.8 Å². The minimum atomic E-state index is -0.945. The summed E-state index contributed by atoms with van der Waals surface area (Å²) in [5, 5.41) is 11.3. The van der Waals surface area contributed by atoms with Crippen LogP contribution in [0.5, 0.6) is 0 Å². The molecule has 1 aromatic heterocycles. The van der Waals surface area contributed by atoms with E-state index in [4.69, 9.17) is 5.11 Å². The first kappa shape index (κ1) is 9.92. The quantitative estimate of drug-likeness (QED) is 0.757. The Morgan fingerprint density at radius 2 is 2.38 bits per heavy atom. The molecule has 1 aromatic rings. The van der Waals surface area contributed by atoms with Gasteiger partial charge in [0.05, 0.1) is 10.7 Å². The van der Waals surface area contributed by atoms with Crippen molar-refractivity contribution in [3.63, 3.8) is 0 Å². The first-order chi connectivity index (χ1) is 6.09. The normalized spacial score (nSPS) is 11.3. The summed E-state index contributed by atoms with van der Waals surface area (Å²) in [5.74, 6) is -0.545. The standard InChI is InChI=1S/C9H11NO2S/c1-6(2)9-10-7(5-13-9)3-4-8(11)12/h3-6H,1-2H3,(H,11,12). The Morgan fingerprint density at radius 3 is 2.85 bits per heavy atom. The largest absolute Gasteiger partial charge is 0.478 e. The summed E-state index contributed by atoms with van der Waals surface area (Å²) in [5.41, 5.74) is 0.719. The van der Waals surface area contributed by atoms with E-state index in [9.17, 15) is 4.79 Å². The van der Waals surface area contributed by atoms with Crippen LogP contribution in [-0.2, 0) is 4.79 Å². The van der Waals surface area contributed by atoms with Crippen molar-refractivity contribution in [2.45, 2.75) is 19.8 Å². The van der Waals surface area contributed by atoms with Crippen molar-refractivity contribution in [1.82, 2.24) is 4.98 Å². The first-order valence-electron chi connectivity index (χ1n) is 3.96. The van der Waals surface area contributed by atoms with Gasteiger partial charge in [0.25, 0.3) is 0 Å². The van der Waals surface area contributed by atoms with E-state index in [1.165, 1.54) is 6.08 Å². The molecule has 1 N–H and O–H groups in total. The maximum absolute atomic E-state index is 10.2. The highest BCUT2D eigenvalue weighted by Crippen LogP contribution is 2.19. The molecule has 0 bridgehead atoms. The summed E-state index contributed by atoms with van der Waals surface area (Å²) in [6.07, 6.45) is 2.60. The average molecular weight is 197 g/mol. The molecule has 0 aliphatic carbocycles. The number of aromatic nitrogens is 1. The Bertz CT molecular complexity index is 328. The third-order valence-electron chi connectivity index (χ3n) is 1.43. The lowest BCUT2D eigenvalue weighted by Gasteiger charge is -1.94. The van der Waals surface area contributed by atoms with Gasteiger partial charge in [-0.05, 0) is 6.08 Å². The van der Waals surface area contributed by atoms with Crippen molar-refractivity contribution in [3.8, 4) is 0 Å². The molecule has 0 amide bonds. The maximum Gasteiger partial charge on any atom is 0.328 e. The third kappa shape index (κ3) is 2.99. The fourth-order valence-electron chi connectivity index (χ4n) is 0.799. The topological polar surface area (TPSA) is 50.2 Å². The molecule has 0 aliphatic rings. The SMILES string of the molecule is CC(C)c1nc(C=CC(=O)O)cs1. The van der Waals surface area contributed by atoms with Gasteiger partial charge in [-0.3, -0.25) is 0 Å². The van der Waals surface area contributed by atoms with Crippen LogP contribution < -0.4 is 0 Å². The second kappa shape index (κ2) is 4.18. The summed E-state index contributed by atoms with van der Waals surface area (Å²) in [7, 11) is 0. The number of aliphatic carboxylic acids is 1. The Balaban J connectivity index is 2.75. The highest BCUT2D eigenvalue weighted by atomic mass is 32.1. The highest BCUT2D eigenvalue weighted by molar-refractivity contribution is 7.09. The number of hydrogen-bond acceptors (Lipinski definition) is 3. The molecule has 0 fully saturated rings. The van der Waals surface area contributed by atoms with Gasteiger partial charge in [0.2, 0.25) is 0 Å². The average Bonchev–Trinajstić information content (AvgIpc) is 2.48. The molecule has 0 saturated heterocycles. The molecule has 4 heteroatoms. The van der Waals surface area contributed by atoms with Crippen LogP contribution in [0.2, 0.25) is 0 Å². The molecular weight excluding hydrogens is 186 g/mol. The van der Waals surface area contributed by atoms with Crippen LogP contribution in [-0.4, -0.2) is 16.1 Å². The smallest absolute Gasteiger partial charge is 0.328 e. The van der Waals surface area contributed by atoms with Crippen molar-refractivity contribution >= 4 is 23.4 Å². The van der Waals surface area contributed by atoms with Crippen LogP contribution in [0.25, 0.3) is 6.08 Å². The molecule has 0 saturated carbocycles. The van der Waals surface area contributed by atoms with Crippen LogP contribution in [0.15, 0.2) is 11.5 Å². The predicted octanol–water partition coefficient (Wildman–Crippen LogP) is 2.36. The Labute approximate surface area is 80.7 Å². The second-order valence-corrected chi connectivity index (χ2v) is 3.83. The number of thiazole rings is 1. The molecule has 0 atom stereocenters. The van der Waals surface area contributed by atoms with Crippen LogP contribution in [0.4, 0.5) is 0 Å². The van der Waals surface area contributed by atoms with E-state index in [2.05, 4.69) is 18.8 Å². The molecule has 0 aromatic carbocycles. The van der Waals surface area contributed by atoms with Crippen molar-refractivity contribution in [2.75, 3.05) is 0 Å². The van der Waals surface area contributed by atoms with Crippen molar-refractivity contribution < 1.29 is 9.90 Å². The zero-order valence-electron chi connectivity index (χ0n) is 7.52. The molecule has 1 heterocycles. The summed E-state index contributed by atoms with van der Waals surface area (Å²) in [4.78, 5) is 14.5. The van der Waals surface area contributed by atoms with E-state index in [0.29, 0.717) is 5.92 Å². The molecule has 0 unspecified atom stereocenters. The highest BCUT2D eigenvalue weighted by Gasteiger charge is 2.03. The molecule has 1 rings (SSSR count). The molecule has 0 aliphatic heterocycles. The Morgan fingerprint density at radius 1 is 1.69 bits per heavy atom.